The molecule has 3 rings (SSSR count). The van der Waals surface area contributed by atoms with Crippen molar-refractivity contribution < 1.29 is 18.3 Å². The van der Waals surface area contributed by atoms with Gasteiger partial charge in [-0.25, -0.2) is 8.42 Å². The number of nitrogens with zero attached hydrogens (tertiary/aromatic N) is 1. The van der Waals surface area contributed by atoms with Gasteiger partial charge in [0.05, 0.1) is 4.90 Å². The summed E-state index contributed by atoms with van der Waals surface area (Å²) in [7, 11) is -2.04. The predicted molar refractivity (Wildman–Crippen MR) is 94.8 cm³/mol. The highest BCUT2D eigenvalue weighted by Crippen LogP contribution is 2.22. The number of nitrogens with one attached hydrogen (secondary N) is 1. The van der Waals surface area contributed by atoms with Crippen molar-refractivity contribution in [2.24, 2.45) is 7.05 Å². The Morgan fingerprint density at radius 2 is 1.76 bits per heavy atom. The molecule has 6 nitrogen and oxygen atoms in total. The van der Waals surface area contributed by atoms with Crippen molar-refractivity contribution >= 4 is 26.9 Å². The molecule has 0 bridgehead atoms. The van der Waals surface area contributed by atoms with Gasteiger partial charge in [-0.15, -0.1) is 0 Å². The van der Waals surface area contributed by atoms with Crippen LogP contribution in [-0.2, 0) is 28.3 Å². The Balaban J connectivity index is 1.91. The van der Waals surface area contributed by atoms with Gasteiger partial charge < -0.3 is 9.67 Å². The van der Waals surface area contributed by atoms with Crippen molar-refractivity contribution in [2.75, 3.05) is 0 Å². The van der Waals surface area contributed by atoms with Crippen LogP contribution in [0.3, 0.4) is 0 Å². The summed E-state index contributed by atoms with van der Waals surface area (Å²) in [6.45, 7) is 0. The Bertz CT molecular complexity index is 1010. The van der Waals surface area contributed by atoms with Crippen LogP contribution >= 0.6 is 0 Å². The van der Waals surface area contributed by atoms with Gasteiger partial charge in [0, 0.05) is 30.6 Å². The molecular formula is C18H18N2O4S. The van der Waals surface area contributed by atoms with Crippen LogP contribution in [0.5, 0.6) is 0 Å². The first-order chi connectivity index (χ1) is 11.9. The fourth-order valence-corrected chi connectivity index (χ4v) is 4.05. The summed E-state index contributed by atoms with van der Waals surface area (Å²) in [6, 6.07) is 14.1. The standard InChI is InChI=1S/C18H18N2O4S/c1-20-12-13(15-9-5-6-10-17(15)20)11-16(18(21)22)19-25(23,24)14-7-3-2-4-8-14/h2-10,12,16,19H,11H2,1H3,(H,21,22). The number of rotatable bonds is 6. The van der Waals surface area contributed by atoms with Gasteiger partial charge in [0.15, 0.2) is 0 Å². The van der Waals surface area contributed by atoms with E-state index in [1.807, 2.05) is 42.1 Å². The lowest BCUT2D eigenvalue weighted by atomic mass is 10.1. The Kier molecular flexibility index (Phi) is 4.61. The molecule has 1 heterocycles. The molecule has 0 amide bonds. The van der Waals surface area contributed by atoms with Crippen LogP contribution in [0.4, 0.5) is 0 Å². The van der Waals surface area contributed by atoms with Crippen LogP contribution in [0.1, 0.15) is 5.56 Å². The summed E-state index contributed by atoms with van der Waals surface area (Å²) in [4.78, 5) is 11.7. The number of benzene rings is 2. The second-order valence-electron chi connectivity index (χ2n) is 5.81. The van der Waals surface area contributed by atoms with Crippen LogP contribution in [0, 0.1) is 0 Å². The highest BCUT2D eigenvalue weighted by Gasteiger charge is 2.26. The first-order valence-corrected chi connectivity index (χ1v) is 9.20. The third-order valence-corrected chi connectivity index (χ3v) is 5.54. The topological polar surface area (TPSA) is 88.4 Å². The second-order valence-corrected chi connectivity index (χ2v) is 7.53. The molecule has 0 saturated carbocycles. The summed E-state index contributed by atoms with van der Waals surface area (Å²) in [5.41, 5.74) is 1.74. The second kappa shape index (κ2) is 6.70. The molecule has 0 spiro atoms. The number of carbonyl (C=O) groups is 1. The van der Waals surface area contributed by atoms with Gasteiger partial charge in [-0.1, -0.05) is 36.4 Å². The molecule has 130 valence electrons. The molecule has 1 aromatic heterocycles. The molecule has 3 aromatic rings. The molecular weight excluding hydrogens is 340 g/mol. The van der Waals surface area contributed by atoms with E-state index in [4.69, 9.17) is 0 Å². The lowest BCUT2D eigenvalue weighted by Crippen LogP contribution is -2.42. The molecule has 0 aliphatic rings. The monoisotopic (exact) mass is 358 g/mol. The lowest BCUT2D eigenvalue weighted by Gasteiger charge is -2.14. The SMILES string of the molecule is Cn1cc(CC(NS(=O)(=O)c2ccccc2)C(=O)O)c2ccccc21. The summed E-state index contributed by atoms with van der Waals surface area (Å²) < 4.78 is 29.0. The number of carboxylic acids is 1. The predicted octanol–water partition coefficient (Wildman–Crippen LogP) is 2.15. The highest BCUT2D eigenvalue weighted by atomic mass is 32.2. The number of sulfonamides is 1. The Morgan fingerprint density at radius 1 is 1.12 bits per heavy atom. The number of fused-ring (bicyclic) bond motifs is 1. The zero-order valence-electron chi connectivity index (χ0n) is 13.6. The van der Waals surface area contributed by atoms with Gasteiger partial charge >= 0.3 is 5.97 Å². The van der Waals surface area contributed by atoms with Gasteiger partial charge in [-0.3, -0.25) is 4.79 Å². The number of para-hydroxylation sites is 1. The summed E-state index contributed by atoms with van der Waals surface area (Å²) in [6.07, 6.45) is 1.89. The van der Waals surface area contributed by atoms with E-state index in [9.17, 15) is 18.3 Å². The van der Waals surface area contributed by atoms with E-state index in [-0.39, 0.29) is 11.3 Å². The third-order valence-electron chi connectivity index (χ3n) is 4.05. The smallest absolute Gasteiger partial charge is 0.322 e. The maximum absolute atomic E-state index is 12.4. The molecule has 0 saturated heterocycles. The van der Waals surface area contributed by atoms with Crippen molar-refractivity contribution in [3.63, 3.8) is 0 Å². The van der Waals surface area contributed by atoms with Gasteiger partial charge in [-0.2, -0.15) is 4.72 Å². The zero-order chi connectivity index (χ0) is 18.0. The molecule has 0 fully saturated rings. The Labute approximate surface area is 145 Å². The van der Waals surface area contributed by atoms with Crippen LogP contribution in [0.15, 0.2) is 65.7 Å². The first kappa shape index (κ1) is 17.2. The van der Waals surface area contributed by atoms with Crippen LogP contribution in [0.25, 0.3) is 10.9 Å². The minimum absolute atomic E-state index is 0.0409. The van der Waals surface area contributed by atoms with Crippen LogP contribution < -0.4 is 4.72 Å². The van der Waals surface area contributed by atoms with Gasteiger partial charge in [0.2, 0.25) is 10.0 Å². The number of carboxylic acid groups (broad SMARTS) is 1. The molecule has 0 radical (unpaired) electrons. The molecule has 2 aromatic carbocycles. The van der Waals surface area contributed by atoms with Crippen LogP contribution in [0.2, 0.25) is 0 Å². The molecule has 2 N–H and O–H groups in total. The number of aromatic nitrogens is 1. The normalized spacial score (nSPS) is 13.0. The van der Waals surface area contributed by atoms with Crippen molar-refractivity contribution in [2.45, 2.75) is 17.4 Å². The van der Waals surface area contributed by atoms with Crippen molar-refractivity contribution in [1.82, 2.24) is 9.29 Å². The van der Waals surface area contributed by atoms with Gasteiger partial charge in [0.25, 0.3) is 0 Å². The average Bonchev–Trinajstić information content (AvgIpc) is 2.91. The molecule has 7 heteroatoms. The van der Waals surface area contributed by atoms with E-state index in [2.05, 4.69) is 4.72 Å². The maximum Gasteiger partial charge on any atom is 0.322 e. The van der Waals surface area contributed by atoms with Gasteiger partial charge in [0.1, 0.15) is 6.04 Å². The lowest BCUT2D eigenvalue weighted by molar-refractivity contribution is -0.138. The molecule has 25 heavy (non-hydrogen) atoms. The van der Waals surface area contributed by atoms with E-state index >= 15 is 0 Å². The maximum atomic E-state index is 12.4. The summed E-state index contributed by atoms with van der Waals surface area (Å²) >= 11 is 0. The highest BCUT2D eigenvalue weighted by molar-refractivity contribution is 7.89. The average molecular weight is 358 g/mol. The van der Waals surface area contributed by atoms with Crippen molar-refractivity contribution in [1.29, 1.82) is 0 Å². The van der Waals surface area contributed by atoms with E-state index < -0.39 is 22.0 Å². The quantitative estimate of drug-likeness (QED) is 0.707. The fraction of sp³-hybridized carbons (Fsp3) is 0.167. The molecule has 0 aliphatic heterocycles. The minimum atomic E-state index is -3.91. The van der Waals surface area contributed by atoms with Gasteiger partial charge in [-0.05, 0) is 23.8 Å². The summed E-state index contributed by atoms with van der Waals surface area (Å²) in [5, 5.41) is 10.4. The number of aryl methyl sites for hydroxylation is 1. The number of aliphatic carboxylic acids is 1. The summed E-state index contributed by atoms with van der Waals surface area (Å²) in [5.74, 6) is -1.22. The first-order valence-electron chi connectivity index (χ1n) is 7.71. The number of hydrogen-bond acceptors (Lipinski definition) is 3. The Morgan fingerprint density at radius 3 is 2.44 bits per heavy atom. The molecule has 0 aliphatic carbocycles. The number of hydrogen-bond donors (Lipinski definition) is 2. The van der Waals surface area contributed by atoms with E-state index in [0.717, 1.165) is 16.5 Å². The molecule has 1 unspecified atom stereocenters. The van der Waals surface area contributed by atoms with Crippen LogP contribution in [-0.4, -0.2) is 30.1 Å². The fourth-order valence-electron chi connectivity index (χ4n) is 2.84. The van der Waals surface area contributed by atoms with Crippen molar-refractivity contribution in [3.8, 4) is 0 Å². The third kappa shape index (κ3) is 3.57. The van der Waals surface area contributed by atoms with Crippen molar-refractivity contribution in [3.05, 3.63) is 66.4 Å². The van der Waals surface area contributed by atoms with E-state index in [1.54, 1.807) is 18.2 Å². The van der Waals surface area contributed by atoms with E-state index in [0.29, 0.717) is 0 Å². The zero-order valence-corrected chi connectivity index (χ0v) is 14.4. The van der Waals surface area contributed by atoms with E-state index in [1.165, 1.54) is 12.1 Å². The largest absolute Gasteiger partial charge is 0.480 e. The Hall–Kier alpha value is -2.64. The molecule has 1 atom stereocenters. The minimum Gasteiger partial charge on any atom is -0.480 e.